The Kier molecular flexibility index (Phi) is 5.21. The molecular formula is C13H18N2S. The molecule has 0 aliphatic rings. The van der Waals surface area contributed by atoms with E-state index in [1.54, 1.807) is 0 Å². The number of hydrogen-bond donors (Lipinski definition) is 0. The van der Waals surface area contributed by atoms with Gasteiger partial charge in [-0.2, -0.15) is 17.0 Å². The lowest BCUT2D eigenvalue weighted by atomic mass is 10.1. The van der Waals surface area contributed by atoms with E-state index < -0.39 is 0 Å². The van der Waals surface area contributed by atoms with Gasteiger partial charge >= 0.3 is 0 Å². The third-order valence-corrected chi connectivity index (χ3v) is 3.48. The first-order valence-electron chi connectivity index (χ1n) is 5.44. The van der Waals surface area contributed by atoms with Gasteiger partial charge in [-0.25, -0.2) is 0 Å². The van der Waals surface area contributed by atoms with Crippen molar-refractivity contribution >= 4 is 17.4 Å². The van der Waals surface area contributed by atoms with Crippen molar-refractivity contribution in [3.63, 3.8) is 0 Å². The molecular weight excluding hydrogens is 216 g/mol. The van der Waals surface area contributed by atoms with E-state index in [0.29, 0.717) is 6.04 Å². The smallest absolute Gasteiger partial charge is 0.0992 e. The summed E-state index contributed by atoms with van der Waals surface area (Å²) >= 11 is 1.86. The Bertz CT molecular complexity index is 370. The van der Waals surface area contributed by atoms with Crippen molar-refractivity contribution in [2.24, 2.45) is 0 Å². The fourth-order valence-electron chi connectivity index (χ4n) is 1.70. The van der Waals surface area contributed by atoms with Crippen LogP contribution in [0.5, 0.6) is 0 Å². The Balaban J connectivity index is 2.85. The normalized spacial score (nSPS) is 11.9. The number of anilines is 1. The number of hydrogen-bond acceptors (Lipinski definition) is 3. The second-order valence-corrected chi connectivity index (χ2v) is 4.70. The summed E-state index contributed by atoms with van der Waals surface area (Å²) in [6.07, 6.45) is 3.25. The summed E-state index contributed by atoms with van der Waals surface area (Å²) in [5.74, 6) is 1.11. The van der Waals surface area contributed by atoms with Crippen molar-refractivity contribution in [3.8, 4) is 6.07 Å². The van der Waals surface area contributed by atoms with Crippen LogP contribution in [-0.4, -0.2) is 25.1 Å². The molecule has 0 radical (unpaired) electrons. The lowest BCUT2D eigenvalue weighted by Crippen LogP contribution is -2.33. The van der Waals surface area contributed by atoms with E-state index in [-0.39, 0.29) is 0 Å². The van der Waals surface area contributed by atoms with Gasteiger partial charge in [-0.3, -0.25) is 0 Å². The lowest BCUT2D eigenvalue weighted by molar-refractivity contribution is 0.673. The average Bonchev–Trinajstić information content (AvgIpc) is 2.35. The molecule has 1 atom stereocenters. The monoisotopic (exact) mass is 234 g/mol. The van der Waals surface area contributed by atoms with Gasteiger partial charge in [-0.1, -0.05) is 13.0 Å². The van der Waals surface area contributed by atoms with Crippen LogP contribution in [0.3, 0.4) is 0 Å². The largest absolute Gasteiger partial charge is 0.371 e. The molecule has 0 aliphatic carbocycles. The summed E-state index contributed by atoms with van der Waals surface area (Å²) in [5.41, 5.74) is 1.85. The van der Waals surface area contributed by atoms with E-state index in [9.17, 15) is 0 Å². The summed E-state index contributed by atoms with van der Waals surface area (Å²) in [6, 6.07) is 10.5. The first kappa shape index (κ1) is 12.9. The highest BCUT2D eigenvalue weighted by atomic mass is 32.2. The van der Waals surface area contributed by atoms with Crippen LogP contribution in [0.15, 0.2) is 24.3 Å². The molecule has 0 saturated heterocycles. The molecule has 0 aliphatic heterocycles. The maximum Gasteiger partial charge on any atom is 0.0992 e. The minimum Gasteiger partial charge on any atom is -0.371 e. The number of thioether (sulfide) groups is 1. The average molecular weight is 234 g/mol. The zero-order valence-electron chi connectivity index (χ0n) is 10.1. The van der Waals surface area contributed by atoms with Crippen LogP contribution < -0.4 is 4.90 Å². The molecule has 0 heterocycles. The Morgan fingerprint density at radius 2 is 2.25 bits per heavy atom. The van der Waals surface area contributed by atoms with Gasteiger partial charge in [-0.05, 0) is 30.9 Å². The molecule has 3 heteroatoms. The van der Waals surface area contributed by atoms with Gasteiger partial charge in [0.2, 0.25) is 0 Å². The molecule has 0 spiro atoms. The highest BCUT2D eigenvalue weighted by molar-refractivity contribution is 7.98. The van der Waals surface area contributed by atoms with Crippen LogP contribution in [0, 0.1) is 11.3 Å². The third-order valence-electron chi connectivity index (χ3n) is 2.76. The van der Waals surface area contributed by atoms with Crippen LogP contribution in [0.2, 0.25) is 0 Å². The highest BCUT2D eigenvalue weighted by Crippen LogP contribution is 2.19. The fraction of sp³-hybridized carbons (Fsp3) is 0.462. The summed E-state index contributed by atoms with van der Waals surface area (Å²) in [6.45, 7) is 2.20. The molecule has 0 amide bonds. The first-order chi connectivity index (χ1) is 7.72. The van der Waals surface area contributed by atoms with Gasteiger partial charge in [0.25, 0.3) is 0 Å². The molecule has 0 aromatic heterocycles. The topological polar surface area (TPSA) is 27.0 Å². The molecule has 1 unspecified atom stereocenters. The first-order valence-corrected chi connectivity index (χ1v) is 6.84. The van der Waals surface area contributed by atoms with Crippen LogP contribution >= 0.6 is 11.8 Å². The van der Waals surface area contributed by atoms with Crippen molar-refractivity contribution in [1.29, 1.82) is 5.26 Å². The summed E-state index contributed by atoms with van der Waals surface area (Å²) in [7, 11) is 2.10. The van der Waals surface area contributed by atoms with E-state index in [1.807, 2.05) is 30.0 Å². The molecule has 16 heavy (non-hydrogen) atoms. The van der Waals surface area contributed by atoms with E-state index >= 15 is 0 Å². The van der Waals surface area contributed by atoms with Crippen molar-refractivity contribution in [2.45, 2.75) is 19.4 Å². The Morgan fingerprint density at radius 3 is 2.81 bits per heavy atom. The van der Waals surface area contributed by atoms with Gasteiger partial charge in [-0.15, -0.1) is 0 Å². The predicted octanol–water partition coefficient (Wildman–Crippen LogP) is 3.14. The lowest BCUT2D eigenvalue weighted by Gasteiger charge is -2.28. The molecule has 0 N–H and O–H groups in total. The third kappa shape index (κ3) is 3.18. The maximum absolute atomic E-state index is 8.87. The van der Waals surface area contributed by atoms with Gasteiger partial charge in [0.15, 0.2) is 0 Å². The standard InChI is InChI=1S/C13H18N2S/c1-4-12(10-16-3)15(2)13-7-5-6-11(8-13)9-14/h5-8,12H,4,10H2,1-3H3. The summed E-state index contributed by atoms with van der Waals surface area (Å²) < 4.78 is 0. The van der Waals surface area contributed by atoms with Gasteiger partial charge in [0.05, 0.1) is 11.6 Å². The van der Waals surface area contributed by atoms with Crippen molar-refractivity contribution < 1.29 is 0 Å². The van der Waals surface area contributed by atoms with E-state index in [2.05, 4.69) is 37.3 Å². The second kappa shape index (κ2) is 6.44. The van der Waals surface area contributed by atoms with Crippen LogP contribution in [-0.2, 0) is 0 Å². The zero-order chi connectivity index (χ0) is 12.0. The number of nitriles is 1. The molecule has 1 aromatic carbocycles. The number of rotatable bonds is 5. The minimum absolute atomic E-state index is 0.531. The molecule has 1 aromatic rings. The van der Waals surface area contributed by atoms with E-state index in [4.69, 9.17) is 5.26 Å². The Hall–Kier alpha value is -1.14. The number of benzene rings is 1. The molecule has 0 fully saturated rings. The van der Waals surface area contributed by atoms with Crippen LogP contribution in [0.25, 0.3) is 0 Å². The van der Waals surface area contributed by atoms with Gasteiger partial charge in [0, 0.05) is 24.5 Å². The highest BCUT2D eigenvalue weighted by Gasteiger charge is 2.12. The Labute approximate surface area is 102 Å². The van der Waals surface area contributed by atoms with E-state index in [1.165, 1.54) is 0 Å². The summed E-state index contributed by atoms with van der Waals surface area (Å²) in [5, 5.41) is 8.87. The summed E-state index contributed by atoms with van der Waals surface area (Å²) in [4.78, 5) is 2.26. The van der Waals surface area contributed by atoms with Crippen molar-refractivity contribution in [1.82, 2.24) is 0 Å². The van der Waals surface area contributed by atoms with Gasteiger partial charge in [0.1, 0.15) is 0 Å². The van der Waals surface area contributed by atoms with E-state index in [0.717, 1.165) is 23.4 Å². The molecule has 1 rings (SSSR count). The molecule has 0 saturated carbocycles. The maximum atomic E-state index is 8.87. The molecule has 0 bridgehead atoms. The van der Waals surface area contributed by atoms with Crippen LogP contribution in [0.1, 0.15) is 18.9 Å². The minimum atomic E-state index is 0.531. The zero-order valence-corrected chi connectivity index (χ0v) is 10.9. The predicted molar refractivity (Wildman–Crippen MR) is 72.0 cm³/mol. The SMILES string of the molecule is CCC(CSC)N(C)c1cccc(C#N)c1. The quantitative estimate of drug-likeness (QED) is 0.783. The second-order valence-electron chi connectivity index (χ2n) is 3.79. The van der Waals surface area contributed by atoms with Gasteiger partial charge < -0.3 is 4.90 Å². The molecule has 86 valence electrons. The van der Waals surface area contributed by atoms with Crippen molar-refractivity contribution in [3.05, 3.63) is 29.8 Å². The van der Waals surface area contributed by atoms with Crippen LogP contribution in [0.4, 0.5) is 5.69 Å². The Morgan fingerprint density at radius 1 is 1.50 bits per heavy atom. The number of nitrogens with zero attached hydrogens (tertiary/aromatic N) is 2. The van der Waals surface area contributed by atoms with Crippen molar-refractivity contribution in [2.75, 3.05) is 24.0 Å². The molecule has 2 nitrogen and oxygen atoms in total. The fourth-order valence-corrected chi connectivity index (χ4v) is 2.55.